The third kappa shape index (κ3) is 3.94. The predicted molar refractivity (Wildman–Crippen MR) is 75.2 cm³/mol. The smallest absolute Gasteiger partial charge is 0.0100 e. The second kappa shape index (κ2) is 6.51. The molecule has 1 atom stereocenters. The molecule has 1 aliphatic carbocycles. The van der Waals surface area contributed by atoms with Crippen molar-refractivity contribution in [3.8, 4) is 0 Å². The second-order valence-corrected chi connectivity index (χ2v) is 6.58. The Morgan fingerprint density at radius 2 is 2.13 bits per heavy atom. The van der Waals surface area contributed by atoms with Crippen LogP contribution in [0.5, 0.6) is 0 Å². The Hall–Kier alpha value is 0.790. The van der Waals surface area contributed by atoms with E-state index in [1.54, 1.807) is 0 Å². The van der Waals surface area contributed by atoms with Gasteiger partial charge in [-0.05, 0) is 50.7 Å². The molecule has 0 saturated heterocycles. The molecule has 0 heterocycles. The van der Waals surface area contributed by atoms with Gasteiger partial charge in [0.25, 0.3) is 0 Å². The molecule has 0 aromatic carbocycles. The largest absolute Gasteiger partial charge is 0.303 e. The molecular weight excluding hydrogens is 270 g/mol. The quantitative estimate of drug-likeness (QED) is 0.660. The molecule has 0 bridgehead atoms. The van der Waals surface area contributed by atoms with E-state index in [0.717, 1.165) is 6.04 Å². The average molecular weight is 294 g/mol. The van der Waals surface area contributed by atoms with Crippen LogP contribution in [-0.4, -0.2) is 41.9 Å². The van der Waals surface area contributed by atoms with Gasteiger partial charge in [-0.25, -0.2) is 0 Å². The lowest BCUT2D eigenvalue weighted by Crippen LogP contribution is -2.45. The number of thioether (sulfide) groups is 1. The Bertz CT molecular complexity index is 177. The second-order valence-electron chi connectivity index (χ2n) is 5.03. The highest BCUT2D eigenvalue weighted by Gasteiger charge is 2.37. The summed E-state index contributed by atoms with van der Waals surface area (Å²) in [5, 5.41) is 1.18. The molecular formula is C12H24BrNS. The number of hydrogen-bond donors (Lipinski definition) is 0. The molecule has 0 aliphatic heterocycles. The Balaban J connectivity index is 2.30. The topological polar surface area (TPSA) is 3.24 Å². The molecule has 3 heteroatoms. The molecule has 1 saturated carbocycles. The van der Waals surface area contributed by atoms with E-state index in [2.05, 4.69) is 41.1 Å². The zero-order valence-electron chi connectivity index (χ0n) is 10.3. The molecule has 1 nitrogen and oxygen atoms in total. The fraction of sp³-hybridized carbons (Fsp3) is 1.00. The van der Waals surface area contributed by atoms with E-state index in [-0.39, 0.29) is 0 Å². The summed E-state index contributed by atoms with van der Waals surface area (Å²) >= 11 is 5.64. The van der Waals surface area contributed by atoms with Gasteiger partial charge in [0.05, 0.1) is 0 Å². The SMILES string of the molecule is CSCCC(C)N(C)CC1(CBr)CCC1. The summed E-state index contributed by atoms with van der Waals surface area (Å²) < 4.78 is 0. The first kappa shape index (κ1) is 13.9. The van der Waals surface area contributed by atoms with Crippen LogP contribution in [0.4, 0.5) is 0 Å². The first-order chi connectivity index (χ1) is 7.13. The zero-order valence-corrected chi connectivity index (χ0v) is 12.7. The van der Waals surface area contributed by atoms with Crippen LogP contribution in [0.3, 0.4) is 0 Å². The predicted octanol–water partition coefficient (Wildman–Crippen LogP) is 3.63. The fourth-order valence-electron chi connectivity index (χ4n) is 2.20. The third-order valence-corrected chi connectivity index (χ3v) is 5.61. The summed E-state index contributed by atoms with van der Waals surface area (Å²) in [4.78, 5) is 2.55. The van der Waals surface area contributed by atoms with Gasteiger partial charge in [0, 0.05) is 17.9 Å². The lowest BCUT2D eigenvalue weighted by Gasteiger charge is -2.44. The molecule has 0 aromatic rings. The summed E-state index contributed by atoms with van der Waals surface area (Å²) in [6.07, 6.45) is 7.77. The Labute approximate surface area is 107 Å². The van der Waals surface area contributed by atoms with Crippen molar-refractivity contribution in [2.24, 2.45) is 5.41 Å². The first-order valence-corrected chi connectivity index (χ1v) is 8.40. The lowest BCUT2D eigenvalue weighted by atomic mass is 9.70. The highest BCUT2D eigenvalue weighted by molar-refractivity contribution is 9.09. The molecule has 1 aliphatic rings. The van der Waals surface area contributed by atoms with Gasteiger partial charge in [0.1, 0.15) is 0 Å². The zero-order chi connectivity index (χ0) is 11.3. The van der Waals surface area contributed by atoms with Gasteiger partial charge in [-0.3, -0.25) is 0 Å². The molecule has 15 heavy (non-hydrogen) atoms. The molecule has 1 rings (SSSR count). The molecule has 90 valence electrons. The molecule has 0 aromatic heterocycles. The molecule has 1 unspecified atom stereocenters. The van der Waals surface area contributed by atoms with Crippen LogP contribution < -0.4 is 0 Å². The van der Waals surface area contributed by atoms with Crippen molar-refractivity contribution in [3.05, 3.63) is 0 Å². The highest BCUT2D eigenvalue weighted by atomic mass is 79.9. The van der Waals surface area contributed by atoms with Gasteiger partial charge >= 0.3 is 0 Å². The minimum Gasteiger partial charge on any atom is -0.303 e. The third-order valence-electron chi connectivity index (χ3n) is 3.77. The summed E-state index contributed by atoms with van der Waals surface area (Å²) in [6.45, 7) is 3.63. The summed E-state index contributed by atoms with van der Waals surface area (Å²) in [6, 6.07) is 0.731. The maximum absolute atomic E-state index is 3.68. The summed E-state index contributed by atoms with van der Waals surface area (Å²) in [5.41, 5.74) is 0.600. The minimum atomic E-state index is 0.600. The normalized spacial score (nSPS) is 21.4. The van der Waals surface area contributed by atoms with E-state index >= 15 is 0 Å². The van der Waals surface area contributed by atoms with Gasteiger partial charge in [0.2, 0.25) is 0 Å². The summed E-state index contributed by atoms with van der Waals surface area (Å²) in [7, 11) is 2.29. The lowest BCUT2D eigenvalue weighted by molar-refractivity contribution is 0.0856. The molecule has 0 spiro atoms. The fourth-order valence-corrected chi connectivity index (χ4v) is 3.52. The van der Waals surface area contributed by atoms with Crippen molar-refractivity contribution in [2.45, 2.75) is 38.6 Å². The van der Waals surface area contributed by atoms with Crippen molar-refractivity contribution in [3.63, 3.8) is 0 Å². The molecule has 0 radical (unpaired) electrons. The monoisotopic (exact) mass is 293 g/mol. The van der Waals surface area contributed by atoms with Crippen LogP contribution >= 0.6 is 27.7 Å². The number of nitrogens with zero attached hydrogens (tertiary/aromatic N) is 1. The van der Waals surface area contributed by atoms with E-state index in [1.807, 2.05) is 11.8 Å². The minimum absolute atomic E-state index is 0.600. The van der Waals surface area contributed by atoms with E-state index in [0.29, 0.717) is 5.41 Å². The standard InChI is InChI=1S/C12H24BrNS/c1-11(5-8-15-3)14(2)10-12(9-13)6-4-7-12/h11H,4-10H2,1-3H3. The van der Waals surface area contributed by atoms with Crippen molar-refractivity contribution in [1.29, 1.82) is 0 Å². The van der Waals surface area contributed by atoms with Gasteiger partial charge in [-0.2, -0.15) is 11.8 Å². The van der Waals surface area contributed by atoms with Crippen LogP contribution in [0, 0.1) is 5.41 Å². The number of alkyl halides is 1. The number of hydrogen-bond acceptors (Lipinski definition) is 2. The van der Waals surface area contributed by atoms with Crippen LogP contribution in [-0.2, 0) is 0 Å². The van der Waals surface area contributed by atoms with Crippen molar-refractivity contribution in [2.75, 3.05) is 30.9 Å². The van der Waals surface area contributed by atoms with E-state index in [1.165, 1.54) is 43.3 Å². The molecule has 0 N–H and O–H groups in total. The Morgan fingerprint density at radius 3 is 2.53 bits per heavy atom. The van der Waals surface area contributed by atoms with Crippen LogP contribution in [0.1, 0.15) is 32.6 Å². The van der Waals surface area contributed by atoms with Gasteiger partial charge in [0.15, 0.2) is 0 Å². The molecule has 0 amide bonds. The van der Waals surface area contributed by atoms with Crippen LogP contribution in [0.25, 0.3) is 0 Å². The van der Waals surface area contributed by atoms with Gasteiger partial charge < -0.3 is 4.90 Å². The Morgan fingerprint density at radius 1 is 1.47 bits per heavy atom. The molecule has 1 fully saturated rings. The van der Waals surface area contributed by atoms with E-state index in [4.69, 9.17) is 0 Å². The number of halogens is 1. The van der Waals surface area contributed by atoms with E-state index < -0.39 is 0 Å². The van der Waals surface area contributed by atoms with Crippen molar-refractivity contribution < 1.29 is 0 Å². The average Bonchev–Trinajstić information content (AvgIpc) is 2.19. The van der Waals surface area contributed by atoms with Crippen LogP contribution in [0.15, 0.2) is 0 Å². The van der Waals surface area contributed by atoms with Crippen LogP contribution in [0.2, 0.25) is 0 Å². The summed E-state index contributed by atoms with van der Waals surface area (Å²) in [5.74, 6) is 1.28. The van der Waals surface area contributed by atoms with Gasteiger partial charge in [-0.1, -0.05) is 22.4 Å². The van der Waals surface area contributed by atoms with Crippen molar-refractivity contribution >= 4 is 27.7 Å². The van der Waals surface area contributed by atoms with Gasteiger partial charge in [-0.15, -0.1) is 0 Å². The Kier molecular flexibility index (Phi) is 6.01. The van der Waals surface area contributed by atoms with Crippen molar-refractivity contribution in [1.82, 2.24) is 4.90 Å². The van der Waals surface area contributed by atoms with E-state index in [9.17, 15) is 0 Å². The first-order valence-electron chi connectivity index (χ1n) is 5.89. The maximum Gasteiger partial charge on any atom is 0.0100 e. The number of rotatable bonds is 7. The maximum atomic E-state index is 3.68. The highest BCUT2D eigenvalue weighted by Crippen LogP contribution is 2.43.